The Morgan fingerprint density at radius 1 is 1.18 bits per heavy atom. The molecule has 0 radical (unpaired) electrons. The molecule has 0 spiro atoms. The molecule has 0 aliphatic rings. The van der Waals surface area contributed by atoms with Gasteiger partial charge >= 0.3 is 0 Å². The number of aryl methyl sites for hydroxylation is 2. The molecule has 3 aromatic rings. The second kappa shape index (κ2) is 8.19. The summed E-state index contributed by atoms with van der Waals surface area (Å²) in [5.74, 6) is 1.98. The molecule has 5 nitrogen and oxygen atoms in total. The van der Waals surface area contributed by atoms with E-state index in [9.17, 15) is 5.11 Å². The van der Waals surface area contributed by atoms with E-state index in [1.54, 1.807) is 6.07 Å². The van der Waals surface area contributed by atoms with Gasteiger partial charge in [-0.1, -0.05) is 20.8 Å². The third kappa shape index (κ3) is 3.83. The average molecular weight is 398 g/mol. The van der Waals surface area contributed by atoms with Gasteiger partial charge < -0.3 is 9.84 Å². The first-order valence-electron chi connectivity index (χ1n) is 9.58. The van der Waals surface area contributed by atoms with Crippen molar-refractivity contribution in [3.63, 3.8) is 0 Å². The Morgan fingerprint density at radius 3 is 2.57 bits per heavy atom. The number of hydrogen-bond donors (Lipinski definition) is 2. The lowest BCUT2D eigenvalue weighted by molar-refractivity contribution is 0.315. The molecule has 1 aromatic heterocycles. The van der Waals surface area contributed by atoms with Crippen molar-refractivity contribution in [2.45, 2.75) is 47.0 Å². The van der Waals surface area contributed by atoms with Crippen LogP contribution in [0.15, 0.2) is 30.3 Å². The maximum atomic E-state index is 10.6. The van der Waals surface area contributed by atoms with E-state index in [0.29, 0.717) is 28.7 Å². The number of aromatic amines is 1. The number of aromatic hydroxyl groups is 1. The normalized spacial score (nSPS) is 11.2. The molecule has 1 heterocycles. The summed E-state index contributed by atoms with van der Waals surface area (Å²) < 4.78 is 8.10. The quantitative estimate of drug-likeness (QED) is 0.514. The van der Waals surface area contributed by atoms with Crippen molar-refractivity contribution in [1.29, 1.82) is 0 Å². The van der Waals surface area contributed by atoms with Gasteiger partial charge in [0.2, 0.25) is 0 Å². The Kier molecular flexibility index (Phi) is 5.89. The second-order valence-electron chi connectivity index (χ2n) is 7.37. The van der Waals surface area contributed by atoms with Crippen LogP contribution in [0.3, 0.4) is 0 Å². The summed E-state index contributed by atoms with van der Waals surface area (Å²) in [6.45, 7) is 11.1. The van der Waals surface area contributed by atoms with Gasteiger partial charge in [0, 0.05) is 0 Å². The fourth-order valence-corrected chi connectivity index (χ4v) is 3.61. The van der Waals surface area contributed by atoms with Crippen molar-refractivity contribution >= 4 is 12.2 Å². The third-order valence-electron chi connectivity index (χ3n) is 4.80. The first-order chi connectivity index (χ1) is 13.3. The first-order valence-corrected chi connectivity index (χ1v) is 9.99. The summed E-state index contributed by atoms with van der Waals surface area (Å²) in [6, 6.07) is 9.73. The Balaban J connectivity index is 2.13. The van der Waals surface area contributed by atoms with Gasteiger partial charge in [-0.05, 0) is 85.4 Å². The second-order valence-corrected chi connectivity index (χ2v) is 7.75. The highest BCUT2D eigenvalue weighted by Gasteiger charge is 2.18. The van der Waals surface area contributed by atoms with Crippen molar-refractivity contribution in [3.8, 4) is 28.6 Å². The summed E-state index contributed by atoms with van der Waals surface area (Å²) in [4.78, 5) is 0. The molecule has 2 N–H and O–H groups in total. The van der Waals surface area contributed by atoms with E-state index in [4.69, 9.17) is 17.0 Å². The number of nitrogens with zero attached hydrogens (tertiary/aromatic N) is 2. The number of aromatic nitrogens is 3. The number of benzene rings is 2. The van der Waals surface area contributed by atoms with E-state index in [1.165, 1.54) is 5.56 Å². The number of rotatable bonds is 6. The van der Waals surface area contributed by atoms with E-state index < -0.39 is 0 Å². The Bertz CT molecular complexity index is 1050. The van der Waals surface area contributed by atoms with Crippen LogP contribution < -0.4 is 4.74 Å². The fourth-order valence-electron chi connectivity index (χ4n) is 3.37. The van der Waals surface area contributed by atoms with E-state index in [0.717, 1.165) is 29.0 Å². The van der Waals surface area contributed by atoms with Crippen molar-refractivity contribution in [2.24, 2.45) is 0 Å². The zero-order chi connectivity index (χ0) is 20.4. The fraction of sp³-hybridized carbons (Fsp3) is 0.364. The van der Waals surface area contributed by atoms with Crippen LogP contribution in [0.5, 0.6) is 11.5 Å². The highest BCUT2D eigenvalue weighted by Crippen LogP contribution is 2.35. The number of hydrogen-bond acceptors (Lipinski definition) is 4. The van der Waals surface area contributed by atoms with Crippen LogP contribution in [0.25, 0.3) is 17.1 Å². The van der Waals surface area contributed by atoms with Gasteiger partial charge in [0.05, 0.1) is 17.9 Å². The maximum absolute atomic E-state index is 10.6. The SMILES string of the molecule is CCCOc1ccc(-n2c(-c3cc(C(C)C)c(C)cc3O)n[nH]c2=S)cc1C. The predicted octanol–water partition coefficient (Wildman–Crippen LogP) is 5.83. The molecule has 0 atom stereocenters. The van der Waals surface area contributed by atoms with Gasteiger partial charge in [0.15, 0.2) is 10.6 Å². The number of phenols is 1. The third-order valence-corrected chi connectivity index (χ3v) is 5.07. The molecule has 0 saturated carbocycles. The van der Waals surface area contributed by atoms with Gasteiger partial charge in [-0.15, -0.1) is 0 Å². The monoisotopic (exact) mass is 397 g/mol. The predicted molar refractivity (Wildman–Crippen MR) is 115 cm³/mol. The molecular formula is C22H27N3O2S. The van der Waals surface area contributed by atoms with Gasteiger partial charge in [-0.2, -0.15) is 5.10 Å². The molecule has 3 rings (SSSR count). The Labute approximate surface area is 171 Å². The van der Waals surface area contributed by atoms with Crippen LogP contribution in [0.1, 0.15) is 49.8 Å². The molecule has 0 aliphatic heterocycles. The molecular weight excluding hydrogens is 370 g/mol. The largest absolute Gasteiger partial charge is 0.507 e. The smallest absolute Gasteiger partial charge is 0.200 e. The van der Waals surface area contributed by atoms with Crippen molar-refractivity contribution in [3.05, 3.63) is 51.8 Å². The molecule has 6 heteroatoms. The lowest BCUT2D eigenvalue weighted by Crippen LogP contribution is -2.02. The van der Waals surface area contributed by atoms with Gasteiger partial charge in [-0.25, -0.2) is 0 Å². The van der Waals surface area contributed by atoms with Crippen LogP contribution in [0.2, 0.25) is 0 Å². The molecule has 0 unspecified atom stereocenters. The summed E-state index contributed by atoms with van der Waals surface area (Å²) >= 11 is 5.49. The average Bonchev–Trinajstić information content (AvgIpc) is 3.01. The summed E-state index contributed by atoms with van der Waals surface area (Å²) in [6.07, 6.45) is 0.961. The van der Waals surface area contributed by atoms with Crippen molar-refractivity contribution in [1.82, 2.24) is 14.8 Å². The van der Waals surface area contributed by atoms with Gasteiger partial charge in [0.1, 0.15) is 11.5 Å². The minimum Gasteiger partial charge on any atom is -0.507 e. The number of ether oxygens (including phenoxy) is 1. The topological polar surface area (TPSA) is 63.1 Å². The molecule has 2 aromatic carbocycles. The molecule has 0 bridgehead atoms. The number of H-pyrrole nitrogens is 1. The minimum atomic E-state index is 0.191. The molecule has 0 saturated heterocycles. The van der Waals surface area contributed by atoms with Crippen molar-refractivity contribution < 1.29 is 9.84 Å². The first kappa shape index (κ1) is 20.1. The highest BCUT2D eigenvalue weighted by atomic mass is 32.1. The maximum Gasteiger partial charge on any atom is 0.200 e. The van der Waals surface area contributed by atoms with Crippen LogP contribution in [0.4, 0.5) is 0 Å². The lowest BCUT2D eigenvalue weighted by atomic mass is 9.95. The molecule has 0 fully saturated rings. The van der Waals surface area contributed by atoms with Gasteiger partial charge in [0.25, 0.3) is 0 Å². The zero-order valence-corrected chi connectivity index (χ0v) is 17.9. The van der Waals surface area contributed by atoms with Crippen LogP contribution in [-0.4, -0.2) is 26.5 Å². The molecule has 0 aliphatic carbocycles. The van der Waals surface area contributed by atoms with E-state index in [2.05, 4.69) is 31.0 Å². The van der Waals surface area contributed by atoms with E-state index in [-0.39, 0.29) is 5.75 Å². The number of nitrogens with one attached hydrogen (secondary N) is 1. The molecule has 148 valence electrons. The van der Waals surface area contributed by atoms with Crippen molar-refractivity contribution in [2.75, 3.05) is 6.61 Å². The van der Waals surface area contributed by atoms with Gasteiger partial charge in [-0.3, -0.25) is 9.67 Å². The summed E-state index contributed by atoms with van der Waals surface area (Å²) in [5, 5.41) is 17.9. The Hall–Kier alpha value is -2.60. The molecule has 28 heavy (non-hydrogen) atoms. The Morgan fingerprint density at radius 2 is 1.93 bits per heavy atom. The van der Waals surface area contributed by atoms with Crippen LogP contribution in [-0.2, 0) is 0 Å². The number of phenolic OH excluding ortho intramolecular Hbond substituents is 1. The summed E-state index contributed by atoms with van der Waals surface area (Å²) in [7, 11) is 0. The minimum absolute atomic E-state index is 0.191. The van der Waals surface area contributed by atoms with E-state index in [1.807, 2.05) is 42.7 Å². The lowest BCUT2D eigenvalue weighted by Gasteiger charge is -2.15. The standard InChI is InChI=1S/C22H27N3O2S/c1-6-9-27-20-8-7-16(10-15(20)5)25-21(23-24-22(25)28)18-12-17(13(2)3)14(4)11-19(18)26/h7-8,10-13,26H,6,9H2,1-5H3,(H,24,28). The molecule has 0 amide bonds. The highest BCUT2D eigenvalue weighted by molar-refractivity contribution is 7.71. The van der Waals surface area contributed by atoms with E-state index >= 15 is 0 Å². The van der Waals surface area contributed by atoms with Crippen LogP contribution >= 0.6 is 12.2 Å². The zero-order valence-electron chi connectivity index (χ0n) is 17.0. The van der Waals surface area contributed by atoms with Crippen LogP contribution in [0, 0.1) is 18.6 Å². The summed E-state index contributed by atoms with van der Waals surface area (Å²) in [5.41, 5.74) is 4.79.